The molecule has 29 heavy (non-hydrogen) atoms. The van der Waals surface area contributed by atoms with Crippen LogP contribution in [0, 0.1) is 11.3 Å². The number of esters is 1. The van der Waals surface area contributed by atoms with Gasteiger partial charge in [-0.05, 0) is 61.9 Å². The molecule has 0 saturated heterocycles. The van der Waals surface area contributed by atoms with Crippen LogP contribution in [0.3, 0.4) is 0 Å². The summed E-state index contributed by atoms with van der Waals surface area (Å²) in [6.07, 6.45) is 1.82. The molecule has 7 heteroatoms. The van der Waals surface area contributed by atoms with Gasteiger partial charge in [0.15, 0.2) is 17.6 Å². The third kappa shape index (κ3) is 6.40. The molecule has 1 N–H and O–H groups in total. The summed E-state index contributed by atoms with van der Waals surface area (Å²) in [6.45, 7) is 3.83. The first kappa shape index (κ1) is 21.5. The Bertz CT molecular complexity index is 929. The average molecular weight is 394 g/mol. The van der Waals surface area contributed by atoms with Gasteiger partial charge in [-0.2, -0.15) is 5.26 Å². The van der Waals surface area contributed by atoms with Crippen molar-refractivity contribution >= 4 is 23.6 Å². The highest BCUT2D eigenvalue weighted by Gasteiger charge is 2.16. The van der Waals surface area contributed by atoms with E-state index in [4.69, 9.17) is 19.5 Å². The van der Waals surface area contributed by atoms with Crippen molar-refractivity contribution < 1.29 is 23.8 Å². The maximum atomic E-state index is 12.2. The number of methoxy groups -OCH3 is 1. The number of carbonyl (C=O) groups excluding carboxylic acids is 2. The maximum Gasteiger partial charge on any atom is 0.331 e. The number of anilines is 1. The van der Waals surface area contributed by atoms with Crippen molar-refractivity contribution in [1.82, 2.24) is 0 Å². The van der Waals surface area contributed by atoms with Crippen molar-refractivity contribution in [2.75, 3.05) is 19.0 Å². The van der Waals surface area contributed by atoms with E-state index in [9.17, 15) is 9.59 Å². The molecule has 0 aromatic heterocycles. The van der Waals surface area contributed by atoms with E-state index in [1.54, 1.807) is 55.7 Å². The summed E-state index contributed by atoms with van der Waals surface area (Å²) in [4.78, 5) is 24.2. The van der Waals surface area contributed by atoms with Crippen LogP contribution in [0.5, 0.6) is 11.5 Å². The van der Waals surface area contributed by atoms with Crippen LogP contribution < -0.4 is 14.8 Å². The predicted molar refractivity (Wildman–Crippen MR) is 109 cm³/mol. The number of amides is 1. The van der Waals surface area contributed by atoms with Crippen molar-refractivity contribution in [1.29, 1.82) is 5.26 Å². The van der Waals surface area contributed by atoms with Gasteiger partial charge in [-0.25, -0.2) is 4.79 Å². The molecule has 0 fully saturated rings. The zero-order chi connectivity index (χ0) is 21.2. The Morgan fingerprint density at radius 1 is 1.17 bits per heavy atom. The smallest absolute Gasteiger partial charge is 0.331 e. The van der Waals surface area contributed by atoms with Crippen LogP contribution in [0.4, 0.5) is 5.69 Å². The third-order valence-electron chi connectivity index (χ3n) is 3.84. The summed E-state index contributed by atoms with van der Waals surface area (Å²) in [5, 5.41) is 11.4. The number of nitrogens with zero attached hydrogens (tertiary/aromatic N) is 1. The van der Waals surface area contributed by atoms with E-state index in [1.165, 1.54) is 13.0 Å². The number of nitrogens with one attached hydrogen (secondary N) is 1. The summed E-state index contributed by atoms with van der Waals surface area (Å²) in [6, 6.07) is 13.6. The second kappa shape index (κ2) is 10.5. The lowest BCUT2D eigenvalue weighted by atomic mass is 10.2. The second-order valence-electron chi connectivity index (χ2n) is 5.93. The molecule has 0 saturated carbocycles. The molecular formula is C22H22N2O5. The van der Waals surface area contributed by atoms with Crippen LogP contribution in [0.15, 0.2) is 48.5 Å². The van der Waals surface area contributed by atoms with Crippen LogP contribution in [-0.2, 0) is 14.3 Å². The van der Waals surface area contributed by atoms with Gasteiger partial charge in [0, 0.05) is 11.8 Å². The fraction of sp³-hybridized carbons (Fsp3) is 0.227. The number of hydrogen-bond donors (Lipinski definition) is 1. The van der Waals surface area contributed by atoms with E-state index >= 15 is 0 Å². The highest BCUT2D eigenvalue weighted by Crippen LogP contribution is 2.28. The maximum absolute atomic E-state index is 12.2. The first-order valence-electron chi connectivity index (χ1n) is 8.97. The highest BCUT2D eigenvalue weighted by molar-refractivity contribution is 5.96. The number of rotatable bonds is 8. The third-order valence-corrected chi connectivity index (χ3v) is 3.84. The number of benzene rings is 2. The van der Waals surface area contributed by atoms with Gasteiger partial charge in [-0.1, -0.05) is 6.07 Å². The molecule has 2 aromatic carbocycles. The van der Waals surface area contributed by atoms with Crippen LogP contribution in [0.2, 0.25) is 0 Å². The number of carbonyl (C=O) groups is 2. The number of nitriles is 1. The molecule has 1 atom stereocenters. The molecule has 0 aliphatic rings. The molecule has 2 aromatic rings. The van der Waals surface area contributed by atoms with E-state index in [-0.39, 0.29) is 0 Å². The standard InChI is InChI=1S/C22H22N2O5/c1-4-28-20-13-16(7-11-19(20)27-3)8-12-21(25)29-15(2)22(26)24-18-9-5-17(14-23)6-10-18/h5-13,15H,4H2,1-3H3,(H,24,26)/b12-8+/t15-/m1/s1. The first-order chi connectivity index (χ1) is 14.0. The van der Waals surface area contributed by atoms with Crippen molar-refractivity contribution in [2.24, 2.45) is 0 Å². The molecule has 0 aliphatic heterocycles. The zero-order valence-corrected chi connectivity index (χ0v) is 16.5. The Kier molecular flexibility index (Phi) is 7.80. The molecule has 0 unspecified atom stereocenters. The van der Waals surface area contributed by atoms with Gasteiger partial charge in [0.2, 0.25) is 0 Å². The molecule has 0 spiro atoms. The van der Waals surface area contributed by atoms with Crippen molar-refractivity contribution in [3.63, 3.8) is 0 Å². The van der Waals surface area contributed by atoms with Gasteiger partial charge >= 0.3 is 5.97 Å². The topological polar surface area (TPSA) is 97.6 Å². The Morgan fingerprint density at radius 3 is 2.52 bits per heavy atom. The minimum atomic E-state index is -0.988. The van der Waals surface area contributed by atoms with E-state index in [0.717, 1.165) is 5.56 Å². The second-order valence-corrected chi connectivity index (χ2v) is 5.93. The molecule has 0 aliphatic carbocycles. The molecule has 7 nitrogen and oxygen atoms in total. The fourth-order valence-electron chi connectivity index (χ4n) is 2.37. The Balaban J connectivity index is 1.94. The zero-order valence-electron chi connectivity index (χ0n) is 16.5. The molecule has 0 bridgehead atoms. The first-order valence-corrected chi connectivity index (χ1v) is 8.97. The molecule has 150 valence electrons. The lowest BCUT2D eigenvalue weighted by Crippen LogP contribution is -2.29. The summed E-state index contributed by atoms with van der Waals surface area (Å²) >= 11 is 0. The Hall–Kier alpha value is -3.79. The van der Waals surface area contributed by atoms with Gasteiger partial charge in [0.25, 0.3) is 5.91 Å². The lowest BCUT2D eigenvalue weighted by Gasteiger charge is -2.12. The molecule has 2 rings (SSSR count). The SMILES string of the molecule is CCOc1cc(/C=C/C(=O)O[C@H](C)C(=O)Nc2ccc(C#N)cc2)ccc1OC. The van der Waals surface area contributed by atoms with Crippen LogP contribution in [0.25, 0.3) is 6.08 Å². The molecule has 0 radical (unpaired) electrons. The largest absolute Gasteiger partial charge is 0.493 e. The van der Waals surface area contributed by atoms with Gasteiger partial charge in [0.05, 0.1) is 25.3 Å². The monoisotopic (exact) mass is 394 g/mol. The van der Waals surface area contributed by atoms with Gasteiger partial charge in [0.1, 0.15) is 0 Å². The Morgan fingerprint density at radius 2 is 1.90 bits per heavy atom. The van der Waals surface area contributed by atoms with Crippen LogP contribution in [-0.4, -0.2) is 31.7 Å². The van der Waals surface area contributed by atoms with Crippen LogP contribution in [0.1, 0.15) is 25.0 Å². The van der Waals surface area contributed by atoms with Crippen molar-refractivity contribution in [3.8, 4) is 17.6 Å². The minimum absolute atomic E-state index is 0.473. The van der Waals surface area contributed by atoms with Crippen molar-refractivity contribution in [2.45, 2.75) is 20.0 Å². The van der Waals surface area contributed by atoms with E-state index in [2.05, 4.69) is 5.32 Å². The van der Waals surface area contributed by atoms with Crippen molar-refractivity contribution in [3.05, 3.63) is 59.7 Å². The molecule has 0 heterocycles. The lowest BCUT2D eigenvalue weighted by molar-refractivity contribution is -0.148. The van der Waals surface area contributed by atoms with E-state index < -0.39 is 18.0 Å². The fourth-order valence-corrected chi connectivity index (χ4v) is 2.37. The predicted octanol–water partition coefficient (Wildman–Crippen LogP) is 3.55. The summed E-state index contributed by atoms with van der Waals surface area (Å²) in [7, 11) is 1.55. The number of ether oxygens (including phenoxy) is 3. The van der Waals surface area contributed by atoms with Gasteiger partial charge in [-0.15, -0.1) is 0 Å². The Labute approximate surface area is 169 Å². The average Bonchev–Trinajstić information content (AvgIpc) is 2.73. The summed E-state index contributed by atoms with van der Waals surface area (Å²) in [5.74, 6) is 0.0427. The van der Waals surface area contributed by atoms with E-state index in [0.29, 0.717) is 29.4 Å². The molecular weight excluding hydrogens is 372 g/mol. The van der Waals surface area contributed by atoms with Gasteiger partial charge < -0.3 is 19.5 Å². The number of hydrogen-bond acceptors (Lipinski definition) is 6. The summed E-state index contributed by atoms with van der Waals surface area (Å²) < 4.78 is 15.8. The van der Waals surface area contributed by atoms with Crippen LogP contribution >= 0.6 is 0 Å². The van der Waals surface area contributed by atoms with E-state index in [1.807, 2.05) is 13.0 Å². The quantitative estimate of drug-likeness (QED) is 0.543. The minimum Gasteiger partial charge on any atom is -0.493 e. The molecule has 1 amide bonds. The normalized spacial score (nSPS) is 11.4. The highest BCUT2D eigenvalue weighted by atomic mass is 16.5. The van der Waals surface area contributed by atoms with Gasteiger partial charge in [-0.3, -0.25) is 4.79 Å². The summed E-state index contributed by atoms with van der Waals surface area (Å²) in [5.41, 5.74) is 1.72.